The van der Waals surface area contributed by atoms with Crippen molar-refractivity contribution in [2.24, 2.45) is 0 Å². The van der Waals surface area contributed by atoms with Gasteiger partial charge in [-0.15, -0.1) is 0 Å². The first-order valence-electron chi connectivity index (χ1n) is 5.73. The Hall–Kier alpha value is -0.390. The maximum atomic E-state index is 12.3. The van der Waals surface area contributed by atoms with Crippen molar-refractivity contribution in [3.63, 3.8) is 0 Å². The van der Waals surface area contributed by atoms with Gasteiger partial charge in [-0.2, -0.15) is 0 Å². The fraction of sp³-hybridized carbons (Fsp3) is 0.500. The van der Waals surface area contributed by atoms with Crippen molar-refractivity contribution in [1.29, 1.82) is 0 Å². The van der Waals surface area contributed by atoms with Crippen molar-refractivity contribution in [1.82, 2.24) is 5.32 Å². The molecule has 0 saturated carbocycles. The number of benzene rings is 1. The molecule has 0 radical (unpaired) electrons. The minimum atomic E-state index is -3.11. The van der Waals surface area contributed by atoms with Gasteiger partial charge in [0.05, 0.1) is 10.1 Å². The second-order valence-electron chi connectivity index (χ2n) is 4.33. The number of hydrogen-bond acceptors (Lipinski definition) is 3. The van der Waals surface area contributed by atoms with Crippen LogP contribution in [0.25, 0.3) is 0 Å². The largest absolute Gasteiger partial charge is 0.320 e. The van der Waals surface area contributed by atoms with E-state index in [4.69, 9.17) is 0 Å². The van der Waals surface area contributed by atoms with Crippen molar-refractivity contribution in [3.8, 4) is 0 Å². The van der Waals surface area contributed by atoms with Gasteiger partial charge < -0.3 is 5.32 Å². The third-order valence-electron chi connectivity index (χ3n) is 3.21. The van der Waals surface area contributed by atoms with Crippen LogP contribution in [0.2, 0.25) is 0 Å². The molecule has 1 heterocycles. The van der Waals surface area contributed by atoms with Crippen LogP contribution in [0.4, 0.5) is 0 Å². The monoisotopic (exact) mass is 317 g/mol. The number of nitrogens with one attached hydrogen (secondary N) is 1. The highest BCUT2D eigenvalue weighted by Crippen LogP contribution is 2.37. The van der Waals surface area contributed by atoms with Gasteiger partial charge in [-0.05, 0) is 50.6 Å². The summed E-state index contributed by atoms with van der Waals surface area (Å²) in [4.78, 5) is 0.515. The van der Waals surface area contributed by atoms with Gasteiger partial charge in [0.2, 0.25) is 0 Å². The fourth-order valence-electron chi connectivity index (χ4n) is 2.28. The first-order valence-corrected chi connectivity index (χ1v) is 8.07. The Morgan fingerprint density at radius 2 is 2.24 bits per heavy atom. The van der Waals surface area contributed by atoms with Crippen LogP contribution in [0.5, 0.6) is 0 Å². The smallest absolute Gasteiger partial charge is 0.181 e. The molecule has 17 heavy (non-hydrogen) atoms. The molecule has 0 aromatic heterocycles. The molecule has 1 aromatic rings. The summed E-state index contributed by atoms with van der Waals surface area (Å²) >= 11 is 3.43. The highest BCUT2D eigenvalue weighted by Gasteiger charge is 2.37. The van der Waals surface area contributed by atoms with E-state index in [9.17, 15) is 8.42 Å². The number of rotatable bonds is 4. The molecular weight excluding hydrogens is 302 g/mol. The summed E-state index contributed by atoms with van der Waals surface area (Å²) in [5.74, 6) is 0. The minimum absolute atomic E-state index is 0.246. The Bertz CT molecular complexity index is 513. The number of fused-ring (bicyclic) bond motifs is 1. The normalized spacial score (nSPS) is 21.4. The van der Waals surface area contributed by atoms with Gasteiger partial charge in [0.25, 0.3) is 0 Å². The second kappa shape index (κ2) is 5.08. The third kappa shape index (κ3) is 2.41. The zero-order valence-corrected chi connectivity index (χ0v) is 12.1. The highest BCUT2D eigenvalue weighted by atomic mass is 79.9. The molecule has 5 heteroatoms. The Morgan fingerprint density at radius 1 is 1.47 bits per heavy atom. The van der Waals surface area contributed by atoms with Gasteiger partial charge in [0.1, 0.15) is 0 Å². The topological polar surface area (TPSA) is 46.2 Å². The third-order valence-corrected chi connectivity index (χ3v) is 6.22. The van der Waals surface area contributed by atoms with Crippen LogP contribution < -0.4 is 5.32 Å². The lowest BCUT2D eigenvalue weighted by molar-refractivity contribution is 0.570. The quantitative estimate of drug-likeness (QED) is 0.865. The van der Waals surface area contributed by atoms with E-state index in [1.165, 1.54) is 0 Å². The van der Waals surface area contributed by atoms with E-state index < -0.39 is 9.84 Å². The van der Waals surface area contributed by atoms with E-state index in [2.05, 4.69) is 21.2 Å². The summed E-state index contributed by atoms with van der Waals surface area (Å²) in [7, 11) is -1.22. The highest BCUT2D eigenvalue weighted by molar-refractivity contribution is 9.10. The molecule has 1 aliphatic rings. The van der Waals surface area contributed by atoms with Crippen LogP contribution in [0.1, 0.15) is 18.4 Å². The van der Waals surface area contributed by atoms with E-state index in [-0.39, 0.29) is 5.25 Å². The van der Waals surface area contributed by atoms with E-state index in [0.29, 0.717) is 11.3 Å². The lowest BCUT2D eigenvalue weighted by atomic mass is 10.1. The fourth-order valence-corrected chi connectivity index (χ4v) is 4.97. The van der Waals surface area contributed by atoms with Crippen molar-refractivity contribution < 1.29 is 8.42 Å². The van der Waals surface area contributed by atoms with Gasteiger partial charge in [0.15, 0.2) is 9.84 Å². The van der Waals surface area contributed by atoms with Crippen LogP contribution in [0, 0.1) is 0 Å². The maximum Gasteiger partial charge on any atom is 0.181 e. The van der Waals surface area contributed by atoms with Crippen molar-refractivity contribution in [2.45, 2.75) is 29.4 Å². The predicted molar refractivity (Wildman–Crippen MR) is 72.0 cm³/mol. The van der Waals surface area contributed by atoms with Crippen LogP contribution in [-0.4, -0.2) is 27.3 Å². The summed E-state index contributed by atoms with van der Waals surface area (Å²) in [5, 5.41) is 2.80. The zero-order valence-electron chi connectivity index (χ0n) is 9.74. The van der Waals surface area contributed by atoms with Gasteiger partial charge in [-0.25, -0.2) is 8.42 Å². The molecule has 0 amide bonds. The van der Waals surface area contributed by atoms with Crippen molar-refractivity contribution in [2.75, 3.05) is 13.6 Å². The van der Waals surface area contributed by atoms with Crippen LogP contribution in [0.3, 0.4) is 0 Å². The van der Waals surface area contributed by atoms with Gasteiger partial charge in [0, 0.05) is 4.47 Å². The molecule has 0 aliphatic carbocycles. The molecule has 1 N–H and O–H groups in total. The Balaban J connectivity index is 2.24. The van der Waals surface area contributed by atoms with E-state index in [1.807, 2.05) is 13.1 Å². The molecule has 94 valence electrons. The summed E-state index contributed by atoms with van der Waals surface area (Å²) in [6.07, 6.45) is 2.26. The van der Waals surface area contributed by atoms with Crippen molar-refractivity contribution in [3.05, 3.63) is 28.2 Å². The first kappa shape index (κ1) is 13.1. The van der Waals surface area contributed by atoms with Gasteiger partial charge >= 0.3 is 0 Å². The van der Waals surface area contributed by atoms with Gasteiger partial charge in [-0.1, -0.05) is 22.0 Å². The molecular formula is C12H16BrNO2S. The summed E-state index contributed by atoms with van der Waals surface area (Å²) in [6, 6.07) is 5.41. The molecule has 1 aliphatic heterocycles. The number of halogens is 1. The number of sulfone groups is 1. The lowest BCUT2D eigenvalue weighted by Gasteiger charge is -2.08. The van der Waals surface area contributed by atoms with Crippen molar-refractivity contribution >= 4 is 25.8 Å². The minimum Gasteiger partial charge on any atom is -0.320 e. The predicted octanol–water partition coefficient (Wildman–Crippen LogP) is 2.15. The first-order chi connectivity index (χ1) is 8.07. The number of hydrogen-bond donors (Lipinski definition) is 1. The lowest BCUT2D eigenvalue weighted by Crippen LogP contribution is -2.19. The molecule has 1 aromatic carbocycles. The van der Waals surface area contributed by atoms with Crippen LogP contribution >= 0.6 is 15.9 Å². The van der Waals surface area contributed by atoms with E-state index >= 15 is 0 Å². The second-order valence-corrected chi connectivity index (χ2v) is 7.38. The van der Waals surface area contributed by atoms with E-state index in [0.717, 1.165) is 29.4 Å². The maximum absolute atomic E-state index is 12.3. The molecule has 0 fully saturated rings. The Labute approximate surface area is 111 Å². The Kier molecular flexibility index (Phi) is 3.90. The summed E-state index contributed by atoms with van der Waals surface area (Å²) < 4.78 is 25.5. The SMILES string of the molecule is CNCCCC1Cc2c(Br)cccc2S1(=O)=O. The summed E-state index contributed by atoms with van der Waals surface area (Å²) in [6.45, 7) is 0.865. The van der Waals surface area contributed by atoms with E-state index in [1.54, 1.807) is 12.1 Å². The molecule has 1 unspecified atom stereocenters. The molecule has 0 saturated heterocycles. The molecule has 0 bridgehead atoms. The zero-order chi connectivity index (χ0) is 12.5. The summed E-state index contributed by atoms with van der Waals surface area (Å²) in [5.41, 5.74) is 0.946. The Morgan fingerprint density at radius 3 is 2.88 bits per heavy atom. The average Bonchev–Trinajstić information content (AvgIpc) is 2.54. The van der Waals surface area contributed by atoms with Gasteiger partial charge in [-0.3, -0.25) is 0 Å². The molecule has 3 nitrogen and oxygen atoms in total. The standard InChI is InChI=1S/C12H16BrNO2S/c1-14-7-3-4-9-8-10-11(13)5-2-6-12(10)17(9,15)16/h2,5-6,9,14H,3-4,7-8H2,1H3. The van der Waals surface area contributed by atoms with Crippen LogP contribution in [0.15, 0.2) is 27.6 Å². The average molecular weight is 318 g/mol. The molecule has 2 rings (SSSR count). The molecule has 0 spiro atoms. The van der Waals surface area contributed by atoms with Crippen LogP contribution in [-0.2, 0) is 16.3 Å². The molecule has 1 atom stereocenters.